The minimum atomic E-state index is -0.667. The van der Waals surface area contributed by atoms with E-state index in [-0.39, 0.29) is 30.4 Å². The van der Waals surface area contributed by atoms with Crippen LogP contribution in [0.15, 0.2) is 5.16 Å². The molecule has 0 aliphatic rings. The van der Waals surface area contributed by atoms with Gasteiger partial charge in [-0.25, -0.2) is 14.6 Å². The van der Waals surface area contributed by atoms with Crippen molar-refractivity contribution >= 4 is 29.6 Å². The van der Waals surface area contributed by atoms with Crippen LogP contribution in [-0.4, -0.2) is 53.1 Å². The lowest BCUT2D eigenvalue weighted by atomic mass is 10.2. The average Bonchev–Trinajstić information content (AvgIpc) is 2.51. The molecule has 0 radical (unpaired) electrons. The van der Waals surface area contributed by atoms with E-state index in [2.05, 4.69) is 15.3 Å². The SMILES string of the molecule is CCOC(=O)c1c(N)nc(SC)nc1OC(C)CNC(=O)OC(C)(C)C. The molecule has 0 aliphatic carbocycles. The summed E-state index contributed by atoms with van der Waals surface area (Å²) in [5, 5.41) is 2.95. The fourth-order valence-corrected chi connectivity index (χ4v) is 2.15. The van der Waals surface area contributed by atoms with Gasteiger partial charge in [-0.3, -0.25) is 0 Å². The van der Waals surface area contributed by atoms with Gasteiger partial charge in [0.05, 0.1) is 13.2 Å². The average molecular weight is 386 g/mol. The van der Waals surface area contributed by atoms with Gasteiger partial charge >= 0.3 is 12.1 Å². The summed E-state index contributed by atoms with van der Waals surface area (Å²) in [5.41, 5.74) is 5.23. The van der Waals surface area contributed by atoms with Gasteiger partial charge in [0.2, 0.25) is 5.88 Å². The Morgan fingerprint density at radius 2 is 1.96 bits per heavy atom. The van der Waals surface area contributed by atoms with Crippen LogP contribution in [0.1, 0.15) is 45.0 Å². The first kappa shape index (κ1) is 21.8. The Labute approximate surface area is 157 Å². The number of thioether (sulfide) groups is 1. The summed E-state index contributed by atoms with van der Waals surface area (Å²) in [6.45, 7) is 9.03. The van der Waals surface area contributed by atoms with Gasteiger partial charge in [0.1, 0.15) is 17.5 Å². The fourth-order valence-electron chi connectivity index (χ4n) is 1.78. The van der Waals surface area contributed by atoms with Crippen molar-refractivity contribution in [2.45, 2.75) is 51.5 Å². The second-order valence-electron chi connectivity index (χ2n) is 6.31. The summed E-state index contributed by atoms with van der Waals surface area (Å²) in [4.78, 5) is 32.1. The quantitative estimate of drug-likeness (QED) is 0.412. The molecule has 0 aromatic carbocycles. The number of nitrogens with two attached hydrogens (primary N) is 1. The number of esters is 1. The van der Waals surface area contributed by atoms with Crippen LogP contribution in [0.3, 0.4) is 0 Å². The number of nitrogen functional groups attached to an aromatic ring is 1. The number of aromatic nitrogens is 2. The van der Waals surface area contributed by atoms with Crippen molar-refractivity contribution in [2.75, 3.05) is 25.1 Å². The standard InChI is InChI=1S/C16H26N4O5S/c1-7-23-13(21)10-11(17)19-14(26-6)20-12(10)24-9(2)8-18-15(22)25-16(3,4)5/h9H,7-8H2,1-6H3,(H,18,22)(H2,17,19,20). The van der Waals surface area contributed by atoms with Crippen LogP contribution in [-0.2, 0) is 9.47 Å². The number of hydrogen-bond donors (Lipinski definition) is 2. The molecule has 10 heteroatoms. The summed E-state index contributed by atoms with van der Waals surface area (Å²) in [5.74, 6) is -0.677. The van der Waals surface area contributed by atoms with Crippen LogP contribution in [0.4, 0.5) is 10.6 Å². The van der Waals surface area contributed by atoms with Gasteiger partial charge in [-0.15, -0.1) is 0 Å². The Balaban J connectivity index is 2.88. The van der Waals surface area contributed by atoms with Crippen LogP contribution in [0.2, 0.25) is 0 Å². The molecular weight excluding hydrogens is 360 g/mol. The lowest BCUT2D eigenvalue weighted by Crippen LogP contribution is -2.38. The number of carbonyl (C=O) groups excluding carboxylic acids is 2. The zero-order chi connectivity index (χ0) is 19.9. The zero-order valence-electron chi connectivity index (χ0n) is 15.9. The third-order valence-corrected chi connectivity index (χ3v) is 3.34. The molecule has 26 heavy (non-hydrogen) atoms. The van der Waals surface area contributed by atoms with Crippen molar-refractivity contribution < 1.29 is 23.8 Å². The molecule has 1 unspecified atom stereocenters. The maximum atomic E-state index is 12.1. The Kier molecular flexibility index (Phi) is 7.94. The number of nitrogens with one attached hydrogen (secondary N) is 1. The second kappa shape index (κ2) is 9.46. The number of anilines is 1. The molecule has 0 fully saturated rings. The van der Waals surface area contributed by atoms with E-state index in [9.17, 15) is 9.59 Å². The minimum Gasteiger partial charge on any atom is -0.472 e. The molecule has 3 N–H and O–H groups in total. The van der Waals surface area contributed by atoms with Gasteiger partial charge in [-0.2, -0.15) is 4.98 Å². The van der Waals surface area contributed by atoms with Crippen LogP contribution in [0.25, 0.3) is 0 Å². The predicted molar refractivity (Wildman–Crippen MR) is 98.5 cm³/mol. The molecular formula is C16H26N4O5S. The van der Waals surface area contributed by atoms with E-state index in [4.69, 9.17) is 19.9 Å². The highest BCUT2D eigenvalue weighted by atomic mass is 32.2. The highest BCUT2D eigenvalue weighted by molar-refractivity contribution is 7.98. The third-order valence-electron chi connectivity index (χ3n) is 2.79. The van der Waals surface area contributed by atoms with Gasteiger partial charge in [0.25, 0.3) is 0 Å². The smallest absolute Gasteiger partial charge is 0.407 e. The van der Waals surface area contributed by atoms with Gasteiger partial charge in [-0.05, 0) is 40.9 Å². The number of carbonyl (C=O) groups is 2. The third kappa shape index (κ3) is 6.95. The normalized spacial score (nSPS) is 12.2. The lowest BCUT2D eigenvalue weighted by molar-refractivity contribution is 0.0484. The van der Waals surface area contributed by atoms with E-state index >= 15 is 0 Å². The summed E-state index contributed by atoms with van der Waals surface area (Å²) in [6.07, 6.45) is 0.709. The Hall–Kier alpha value is -2.23. The van der Waals surface area contributed by atoms with Crippen molar-refractivity contribution in [1.82, 2.24) is 15.3 Å². The molecule has 1 aromatic rings. The number of alkyl carbamates (subject to hydrolysis) is 1. The maximum Gasteiger partial charge on any atom is 0.407 e. The van der Waals surface area contributed by atoms with E-state index in [1.807, 2.05) is 0 Å². The number of nitrogens with zero attached hydrogens (tertiary/aromatic N) is 2. The minimum absolute atomic E-state index is 0.0128. The molecule has 1 atom stereocenters. The first-order chi connectivity index (χ1) is 12.1. The Bertz CT molecular complexity index is 648. The highest BCUT2D eigenvalue weighted by Gasteiger charge is 2.24. The van der Waals surface area contributed by atoms with Crippen molar-refractivity contribution in [3.8, 4) is 5.88 Å². The summed E-state index contributed by atoms with van der Waals surface area (Å²) in [6, 6.07) is 0. The van der Waals surface area contributed by atoms with Crippen molar-refractivity contribution in [1.29, 1.82) is 0 Å². The molecule has 0 bridgehead atoms. The molecule has 1 aromatic heterocycles. The summed E-state index contributed by atoms with van der Waals surface area (Å²) in [7, 11) is 0. The topological polar surface area (TPSA) is 126 Å². The Morgan fingerprint density at radius 3 is 2.50 bits per heavy atom. The first-order valence-electron chi connectivity index (χ1n) is 8.09. The number of amides is 1. The van der Waals surface area contributed by atoms with Crippen LogP contribution >= 0.6 is 11.8 Å². The number of hydrogen-bond acceptors (Lipinski definition) is 9. The molecule has 0 saturated carbocycles. The summed E-state index contributed by atoms with van der Waals surface area (Å²) >= 11 is 1.26. The van der Waals surface area contributed by atoms with E-state index in [1.165, 1.54) is 11.8 Å². The van der Waals surface area contributed by atoms with Crippen LogP contribution in [0, 0.1) is 0 Å². The zero-order valence-corrected chi connectivity index (χ0v) is 16.7. The molecule has 1 amide bonds. The van der Waals surface area contributed by atoms with Gasteiger partial charge in [0.15, 0.2) is 10.7 Å². The van der Waals surface area contributed by atoms with Crippen LogP contribution in [0.5, 0.6) is 5.88 Å². The predicted octanol–water partition coefficient (Wildman–Crippen LogP) is 2.25. The molecule has 0 aliphatic heterocycles. The summed E-state index contributed by atoms with van der Waals surface area (Å²) < 4.78 is 15.8. The second-order valence-corrected chi connectivity index (χ2v) is 7.08. The van der Waals surface area contributed by atoms with Crippen molar-refractivity contribution in [2.24, 2.45) is 0 Å². The maximum absolute atomic E-state index is 12.1. The monoisotopic (exact) mass is 386 g/mol. The van der Waals surface area contributed by atoms with E-state index in [0.717, 1.165) is 0 Å². The number of rotatable bonds is 7. The molecule has 1 rings (SSSR count). The van der Waals surface area contributed by atoms with E-state index in [1.54, 1.807) is 40.9 Å². The molecule has 0 saturated heterocycles. The van der Waals surface area contributed by atoms with Crippen LogP contribution < -0.4 is 15.8 Å². The molecule has 9 nitrogen and oxygen atoms in total. The molecule has 0 spiro atoms. The fraction of sp³-hybridized carbons (Fsp3) is 0.625. The van der Waals surface area contributed by atoms with Crippen molar-refractivity contribution in [3.05, 3.63) is 5.56 Å². The van der Waals surface area contributed by atoms with Gasteiger partial charge in [-0.1, -0.05) is 11.8 Å². The molecule has 146 valence electrons. The van der Waals surface area contributed by atoms with E-state index in [0.29, 0.717) is 5.16 Å². The van der Waals surface area contributed by atoms with Crippen molar-refractivity contribution in [3.63, 3.8) is 0 Å². The van der Waals surface area contributed by atoms with Gasteiger partial charge < -0.3 is 25.3 Å². The Morgan fingerprint density at radius 1 is 1.31 bits per heavy atom. The highest BCUT2D eigenvalue weighted by Crippen LogP contribution is 2.26. The number of ether oxygens (including phenoxy) is 3. The first-order valence-corrected chi connectivity index (χ1v) is 9.32. The van der Waals surface area contributed by atoms with E-state index < -0.39 is 23.8 Å². The molecule has 1 heterocycles. The largest absolute Gasteiger partial charge is 0.472 e. The lowest BCUT2D eigenvalue weighted by Gasteiger charge is -2.21. The van der Waals surface area contributed by atoms with Gasteiger partial charge in [0, 0.05) is 0 Å².